The number of hydrogen-bond acceptors (Lipinski definition) is 5. The SMILES string of the molecule is Cc1ccc([N+](=O)[O-])c(OCCCN2CCC(O)CC2)c1. The number of nitrogens with zero attached hydrogens (tertiary/aromatic N) is 2. The van der Waals surface area contributed by atoms with E-state index in [2.05, 4.69) is 4.90 Å². The van der Waals surface area contributed by atoms with E-state index in [9.17, 15) is 15.2 Å². The van der Waals surface area contributed by atoms with Gasteiger partial charge >= 0.3 is 5.69 Å². The van der Waals surface area contributed by atoms with Crippen LogP contribution in [0.2, 0.25) is 0 Å². The molecule has 0 unspecified atom stereocenters. The van der Waals surface area contributed by atoms with Crippen molar-refractivity contribution in [3.05, 3.63) is 33.9 Å². The molecule has 1 heterocycles. The number of piperidine rings is 1. The summed E-state index contributed by atoms with van der Waals surface area (Å²) in [4.78, 5) is 12.8. The number of aliphatic hydroxyl groups is 1. The van der Waals surface area contributed by atoms with Gasteiger partial charge in [0.2, 0.25) is 0 Å². The van der Waals surface area contributed by atoms with Gasteiger partial charge in [0.05, 0.1) is 17.6 Å². The minimum atomic E-state index is -0.416. The van der Waals surface area contributed by atoms with Gasteiger partial charge in [-0.3, -0.25) is 10.1 Å². The number of hydrogen-bond donors (Lipinski definition) is 1. The molecule has 6 nitrogen and oxygen atoms in total. The van der Waals surface area contributed by atoms with Gasteiger partial charge in [-0.2, -0.15) is 0 Å². The Morgan fingerprint density at radius 1 is 1.43 bits per heavy atom. The molecule has 1 aromatic carbocycles. The van der Waals surface area contributed by atoms with Crippen LogP contribution in [0.4, 0.5) is 5.69 Å². The lowest BCUT2D eigenvalue weighted by Crippen LogP contribution is -2.36. The number of aliphatic hydroxyl groups excluding tert-OH is 1. The predicted octanol–water partition coefficient (Wildman–Crippen LogP) is 2.13. The van der Waals surface area contributed by atoms with E-state index in [0.29, 0.717) is 12.4 Å². The molecule has 1 N–H and O–H groups in total. The highest BCUT2D eigenvalue weighted by molar-refractivity contribution is 5.48. The fraction of sp³-hybridized carbons (Fsp3) is 0.600. The topological polar surface area (TPSA) is 75.8 Å². The van der Waals surface area contributed by atoms with Crippen molar-refractivity contribution in [2.24, 2.45) is 0 Å². The van der Waals surface area contributed by atoms with Crippen molar-refractivity contribution in [2.75, 3.05) is 26.2 Å². The van der Waals surface area contributed by atoms with Gasteiger partial charge in [-0.1, -0.05) is 6.07 Å². The van der Waals surface area contributed by atoms with Gasteiger partial charge < -0.3 is 14.7 Å². The zero-order chi connectivity index (χ0) is 15.2. The van der Waals surface area contributed by atoms with Crippen LogP contribution in [0.3, 0.4) is 0 Å². The van der Waals surface area contributed by atoms with E-state index < -0.39 is 4.92 Å². The highest BCUT2D eigenvalue weighted by Crippen LogP contribution is 2.27. The Morgan fingerprint density at radius 3 is 2.81 bits per heavy atom. The summed E-state index contributed by atoms with van der Waals surface area (Å²) in [5.74, 6) is 0.342. The maximum absolute atomic E-state index is 10.9. The molecule has 0 atom stereocenters. The summed E-state index contributed by atoms with van der Waals surface area (Å²) < 4.78 is 5.57. The standard InChI is InChI=1S/C15H22N2O4/c1-12-3-4-14(17(19)20)15(11-12)21-10-2-7-16-8-5-13(18)6-9-16/h3-4,11,13,18H,2,5-10H2,1H3. The molecule has 1 saturated heterocycles. The lowest BCUT2D eigenvalue weighted by atomic mass is 10.1. The average molecular weight is 294 g/mol. The van der Waals surface area contributed by atoms with E-state index in [0.717, 1.165) is 44.5 Å². The molecule has 116 valence electrons. The smallest absolute Gasteiger partial charge is 0.310 e. The summed E-state index contributed by atoms with van der Waals surface area (Å²) in [7, 11) is 0. The second kappa shape index (κ2) is 7.38. The maximum Gasteiger partial charge on any atom is 0.310 e. The molecule has 21 heavy (non-hydrogen) atoms. The molecule has 1 aromatic rings. The van der Waals surface area contributed by atoms with Crippen LogP contribution in [0.1, 0.15) is 24.8 Å². The van der Waals surface area contributed by atoms with E-state index in [-0.39, 0.29) is 11.8 Å². The molecule has 0 radical (unpaired) electrons. The zero-order valence-electron chi connectivity index (χ0n) is 12.3. The Balaban J connectivity index is 1.78. The quantitative estimate of drug-likeness (QED) is 0.494. The van der Waals surface area contributed by atoms with Gasteiger partial charge in [0, 0.05) is 25.7 Å². The Bertz CT molecular complexity index is 485. The molecule has 0 aromatic heterocycles. The molecule has 1 fully saturated rings. The van der Waals surface area contributed by atoms with Crippen molar-refractivity contribution in [1.82, 2.24) is 4.90 Å². The first-order valence-electron chi connectivity index (χ1n) is 7.34. The third kappa shape index (κ3) is 4.68. The Kier molecular flexibility index (Phi) is 5.52. The van der Waals surface area contributed by atoms with Gasteiger partial charge in [-0.25, -0.2) is 0 Å². The minimum absolute atomic E-state index is 0.0155. The van der Waals surface area contributed by atoms with Crippen molar-refractivity contribution in [2.45, 2.75) is 32.3 Å². The first kappa shape index (κ1) is 15.7. The molecule has 0 saturated carbocycles. The summed E-state index contributed by atoms with van der Waals surface area (Å²) in [6.07, 6.45) is 2.31. The molecule has 0 aliphatic carbocycles. The maximum atomic E-state index is 10.9. The van der Waals surface area contributed by atoms with E-state index in [1.807, 2.05) is 6.92 Å². The average Bonchev–Trinajstić information content (AvgIpc) is 2.45. The van der Waals surface area contributed by atoms with E-state index in [1.54, 1.807) is 12.1 Å². The van der Waals surface area contributed by atoms with Crippen molar-refractivity contribution >= 4 is 5.69 Å². The van der Waals surface area contributed by atoms with Crippen molar-refractivity contribution in [1.29, 1.82) is 0 Å². The lowest BCUT2D eigenvalue weighted by molar-refractivity contribution is -0.385. The predicted molar refractivity (Wildman–Crippen MR) is 79.6 cm³/mol. The molecule has 6 heteroatoms. The molecular formula is C15H22N2O4. The number of nitro groups is 1. The van der Waals surface area contributed by atoms with E-state index >= 15 is 0 Å². The number of nitro benzene ring substituents is 1. The molecule has 0 spiro atoms. The first-order valence-corrected chi connectivity index (χ1v) is 7.34. The molecule has 2 rings (SSSR count). The van der Waals surface area contributed by atoms with Gasteiger partial charge in [0.15, 0.2) is 5.75 Å². The van der Waals surface area contributed by atoms with Crippen LogP contribution in [0, 0.1) is 17.0 Å². The number of aryl methyl sites for hydroxylation is 1. The van der Waals surface area contributed by atoms with Crippen molar-refractivity contribution < 1.29 is 14.8 Å². The normalized spacial score (nSPS) is 16.9. The van der Waals surface area contributed by atoms with Crippen molar-refractivity contribution in [3.63, 3.8) is 0 Å². The lowest BCUT2D eigenvalue weighted by Gasteiger charge is -2.29. The fourth-order valence-corrected chi connectivity index (χ4v) is 2.50. The van der Waals surface area contributed by atoms with Crippen LogP contribution < -0.4 is 4.74 Å². The van der Waals surface area contributed by atoms with Crippen LogP contribution in [0.5, 0.6) is 5.75 Å². The van der Waals surface area contributed by atoms with Crippen LogP contribution in [0.15, 0.2) is 18.2 Å². The van der Waals surface area contributed by atoms with E-state index in [4.69, 9.17) is 4.74 Å². The van der Waals surface area contributed by atoms with Gasteiger partial charge in [-0.05, 0) is 37.8 Å². The molecular weight excluding hydrogens is 272 g/mol. The van der Waals surface area contributed by atoms with E-state index in [1.165, 1.54) is 6.07 Å². The zero-order valence-corrected chi connectivity index (χ0v) is 12.3. The third-order valence-electron chi connectivity index (χ3n) is 3.75. The number of rotatable bonds is 6. The fourth-order valence-electron chi connectivity index (χ4n) is 2.50. The molecule has 0 amide bonds. The second-order valence-corrected chi connectivity index (χ2v) is 5.50. The van der Waals surface area contributed by atoms with Gasteiger partial charge in [0.25, 0.3) is 0 Å². The Morgan fingerprint density at radius 2 is 2.14 bits per heavy atom. The summed E-state index contributed by atoms with van der Waals surface area (Å²) in [5.41, 5.74) is 0.960. The third-order valence-corrected chi connectivity index (χ3v) is 3.75. The summed E-state index contributed by atoms with van der Waals surface area (Å²) in [6, 6.07) is 4.90. The van der Waals surface area contributed by atoms with Crippen LogP contribution in [-0.4, -0.2) is 47.3 Å². The van der Waals surface area contributed by atoms with Crippen LogP contribution in [0.25, 0.3) is 0 Å². The van der Waals surface area contributed by atoms with Crippen LogP contribution >= 0.6 is 0 Å². The van der Waals surface area contributed by atoms with Gasteiger partial charge in [-0.15, -0.1) is 0 Å². The Labute approximate surface area is 124 Å². The summed E-state index contributed by atoms with van der Waals surface area (Å²) in [6.45, 7) is 5.06. The number of ether oxygens (including phenoxy) is 1. The highest BCUT2D eigenvalue weighted by Gasteiger charge is 2.17. The van der Waals surface area contributed by atoms with Crippen molar-refractivity contribution in [3.8, 4) is 5.75 Å². The highest BCUT2D eigenvalue weighted by atomic mass is 16.6. The summed E-state index contributed by atoms with van der Waals surface area (Å²) in [5, 5.41) is 20.4. The largest absolute Gasteiger partial charge is 0.487 e. The van der Waals surface area contributed by atoms with Crippen LogP contribution in [-0.2, 0) is 0 Å². The first-order chi connectivity index (χ1) is 10.1. The number of benzene rings is 1. The molecule has 1 aliphatic heterocycles. The minimum Gasteiger partial charge on any atom is -0.487 e. The van der Waals surface area contributed by atoms with Gasteiger partial charge in [0.1, 0.15) is 0 Å². The molecule has 1 aliphatic rings. The summed E-state index contributed by atoms with van der Waals surface area (Å²) >= 11 is 0. The number of likely N-dealkylation sites (tertiary alicyclic amines) is 1. The second-order valence-electron chi connectivity index (χ2n) is 5.50. The Hall–Kier alpha value is -1.66. The molecule has 0 bridgehead atoms. The monoisotopic (exact) mass is 294 g/mol.